The molecule has 0 aromatic carbocycles. The van der Waals surface area contributed by atoms with Gasteiger partial charge in [-0.05, 0) is 43.4 Å². The lowest BCUT2D eigenvalue weighted by molar-refractivity contribution is 0.0390. The third-order valence-corrected chi connectivity index (χ3v) is 3.70. The van der Waals surface area contributed by atoms with Crippen LogP contribution in [0.5, 0.6) is 0 Å². The smallest absolute Gasteiger partial charge is 0.0780 e. The highest BCUT2D eigenvalue weighted by Gasteiger charge is 2.24. The van der Waals surface area contributed by atoms with Gasteiger partial charge in [0.1, 0.15) is 0 Å². The number of nitrogens with zero attached hydrogens (tertiary/aromatic N) is 3. The Bertz CT molecular complexity index is 381. The van der Waals surface area contributed by atoms with E-state index in [9.17, 15) is 0 Å². The maximum atomic E-state index is 6.36. The molecule has 0 fully saturated rings. The fourth-order valence-corrected chi connectivity index (χ4v) is 2.60. The molecule has 0 amide bonds. The molecule has 5 nitrogen and oxygen atoms in total. The summed E-state index contributed by atoms with van der Waals surface area (Å²) in [6.07, 6.45) is 2.72. The van der Waals surface area contributed by atoms with Gasteiger partial charge in [-0.1, -0.05) is 6.92 Å². The second kappa shape index (κ2) is 7.99. The average Bonchev–Trinajstić information content (AvgIpc) is 2.74. The van der Waals surface area contributed by atoms with Gasteiger partial charge in [-0.3, -0.25) is 4.68 Å². The van der Waals surface area contributed by atoms with E-state index in [1.54, 1.807) is 0 Å². The monoisotopic (exact) mass is 332 g/mol. The van der Waals surface area contributed by atoms with Crippen molar-refractivity contribution in [1.29, 1.82) is 0 Å². The van der Waals surface area contributed by atoms with Crippen LogP contribution in [0.3, 0.4) is 0 Å². The van der Waals surface area contributed by atoms with E-state index in [2.05, 4.69) is 32.9 Å². The van der Waals surface area contributed by atoms with Crippen molar-refractivity contribution < 1.29 is 4.74 Å². The van der Waals surface area contributed by atoms with Crippen LogP contribution < -0.4 is 5.73 Å². The van der Waals surface area contributed by atoms with Crippen molar-refractivity contribution in [2.75, 3.05) is 27.2 Å². The Morgan fingerprint density at radius 3 is 2.68 bits per heavy atom. The van der Waals surface area contributed by atoms with Gasteiger partial charge >= 0.3 is 0 Å². The quantitative estimate of drug-likeness (QED) is 0.791. The van der Waals surface area contributed by atoms with Gasteiger partial charge in [0.25, 0.3) is 0 Å². The zero-order chi connectivity index (χ0) is 14.4. The first-order chi connectivity index (χ1) is 9.01. The standard InChI is InChI=1S/C13H25BrN4O/c1-5-11(19-6-2)12(15)13-10(14)9-16-18(13)8-7-17(3)4/h9,11-12H,5-8,15H2,1-4H3. The molecule has 2 unspecified atom stereocenters. The highest BCUT2D eigenvalue weighted by atomic mass is 79.9. The molecule has 0 saturated carbocycles. The minimum Gasteiger partial charge on any atom is -0.376 e. The van der Waals surface area contributed by atoms with Crippen molar-refractivity contribution in [1.82, 2.24) is 14.7 Å². The van der Waals surface area contributed by atoms with Crippen molar-refractivity contribution in [3.05, 3.63) is 16.4 Å². The van der Waals surface area contributed by atoms with Gasteiger partial charge in [0.05, 0.1) is 35.1 Å². The molecule has 6 heteroatoms. The van der Waals surface area contributed by atoms with Gasteiger partial charge in [-0.25, -0.2) is 0 Å². The summed E-state index contributed by atoms with van der Waals surface area (Å²) in [7, 11) is 4.10. The topological polar surface area (TPSA) is 56.3 Å². The first kappa shape index (κ1) is 16.6. The second-order valence-corrected chi connectivity index (χ2v) is 5.69. The van der Waals surface area contributed by atoms with Crippen LogP contribution in [0.15, 0.2) is 10.7 Å². The molecular weight excluding hydrogens is 308 g/mol. The molecule has 1 aromatic heterocycles. The summed E-state index contributed by atoms with van der Waals surface area (Å²) in [6, 6.07) is -0.163. The Morgan fingerprint density at radius 2 is 2.16 bits per heavy atom. The molecule has 0 bridgehead atoms. The average molecular weight is 333 g/mol. The van der Waals surface area contributed by atoms with Gasteiger partial charge in [0, 0.05) is 13.2 Å². The van der Waals surface area contributed by atoms with E-state index in [0.717, 1.165) is 29.7 Å². The molecule has 0 aliphatic carbocycles. The van der Waals surface area contributed by atoms with Crippen molar-refractivity contribution >= 4 is 15.9 Å². The number of ether oxygens (including phenoxy) is 1. The van der Waals surface area contributed by atoms with Crippen LogP contribution in [0.1, 0.15) is 32.0 Å². The van der Waals surface area contributed by atoms with Crippen LogP contribution in [-0.2, 0) is 11.3 Å². The highest BCUT2D eigenvalue weighted by molar-refractivity contribution is 9.10. The Labute approximate surface area is 124 Å². The van der Waals surface area contributed by atoms with E-state index in [-0.39, 0.29) is 12.1 Å². The molecular formula is C13H25BrN4O. The molecule has 0 saturated heterocycles. The SMILES string of the molecule is CCOC(CC)C(N)c1c(Br)cnn1CCN(C)C. The zero-order valence-electron chi connectivity index (χ0n) is 12.3. The van der Waals surface area contributed by atoms with E-state index in [1.165, 1.54) is 0 Å². The lowest BCUT2D eigenvalue weighted by Gasteiger charge is -2.24. The molecule has 0 spiro atoms. The number of rotatable bonds is 8. The third-order valence-electron chi connectivity index (χ3n) is 3.09. The normalized spacial score (nSPS) is 14.9. The van der Waals surface area contributed by atoms with E-state index in [4.69, 9.17) is 10.5 Å². The Balaban J connectivity index is 2.87. The van der Waals surface area contributed by atoms with E-state index in [0.29, 0.717) is 6.61 Å². The van der Waals surface area contributed by atoms with Gasteiger partial charge < -0.3 is 15.4 Å². The third kappa shape index (κ3) is 4.56. The lowest BCUT2D eigenvalue weighted by atomic mass is 10.1. The Hall–Kier alpha value is -0.430. The maximum Gasteiger partial charge on any atom is 0.0780 e. The lowest BCUT2D eigenvalue weighted by Crippen LogP contribution is -2.32. The number of halogens is 1. The van der Waals surface area contributed by atoms with Gasteiger partial charge in [0.15, 0.2) is 0 Å². The summed E-state index contributed by atoms with van der Waals surface area (Å²) in [5.74, 6) is 0. The van der Waals surface area contributed by atoms with Crippen LogP contribution in [0.25, 0.3) is 0 Å². The molecule has 110 valence electrons. The number of hydrogen-bond acceptors (Lipinski definition) is 4. The Kier molecular flexibility index (Phi) is 6.99. The molecule has 1 heterocycles. The van der Waals surface area contributed by atoms with Crippen molar-refractivity contribution in [2.45, 2.75) is 39.0 Å². The first-order valence-electron chi connectivity index (χ1n) is 6.74. The number of aromatic nitrogens is 2. The first-order valence-corrected chi connectivity index (χ1v) is 7.53. The number of nitrogens with two attached hydrogens (primary N) is 1. The largest absolute Gasteiger partial charge is 0.376 e. The molecule has 19 heavy (non-hydrogen) atoms. The molecule has 0 aliphatic heterocycles. The molecule has 0 radical (unpaired) electrons. The number of likely N-dealkylation sites (N-methyl/N-ethyl adjacent to an activating group) is 1. The minimum atomic E-state index is -0.163. The zero-order valence-corrected chi connectivity index (χ0v) is 13.9. The molecule has 0 aliphatic rings. The van der Waals surface area contributed by atoms with Gasteiger partial charge in [-0.15, -0.1) is 0 Å². The summed E-state index contributed by atoms with van der Waals surface area (Å²) in [4.78, 5) is 2.13. The van der Waals surface area contributed by atoms with Crippen LogP contribution in [-0.4, -0.2) is 48.0 Å². The maximum absolute atomic E-state index is 6.36. The predicted octanol–water partition coefficient (Wildman–Crippen LogP) is 2.02. The van der Waals surface area contributed by atoms with Gasteiger partial charge in [0.2, 0.25) is 0 Å². The van der Waals surface area contributed by atoms with Crippen molar-refractivity contribution in [3.63, 3.8) is 0 Å². The number of hydrogen-bond donors (Lipinski definition) is 1. The molecule has 2 N–H and O–H groups in total. The van der Waals surface area contributed by atoms with Crippen LogP contribution in [0, 0.1) is 0 Å². The highest BCUT2D eigenvalue weighted by Crippen LogP contribution is 2.26. The van der Waals surface area contributed by atoms with Crippen LogP contribution in [0.2, 0.25) is 0 Å². The summed E-state index contributed by atoms with van der Waals surface area (Å²) < 4.78 is 8.64. The Morgan fingerprint density at radius 1 is 1.47 bits per heavy atom. The fraction of sp³-hybridized carbons (Fsp3) is 0.769. The molecule has 1 aromatic rings. The van der Waals surface area contributed by atoms with E-state index < -0.39 is 0 Å². The minimum absolute atomic E-state index is 0.0242. The molecule has 1 rings (SSSR count). The van der Waals surface area contributed by atoms with E-state index >= 15 is 0 Å². The summed E-state index contributed by atoms with van der Waals surface area (Å²) in [6.45, 7) is 6.52. The second-order valence-electron chi connectivity index (χ2n) is 4.83. The summed E-state index contributed by atoms with van der Waals surface area (Å²) >= 11 is 3.54. The van der Waals surface area contributed by atoms with Crippen LogP contribution in [0.4, 0.5) is 0 Å². The predicted molar refractivity (Wildman–Crippen MR) is 81.1 cm³/mol. The fourth-order valence-electron chi connectivity index (χ4n) is 2.04. The van der Waals surface area contributed by atoms with E-state index in [1.807, 2.05) is 31.9 Å². The van der Waals surface area contributed by atoms with Crippen LogP contribution >= 0.6 is 15.9 Å². The van der Waals surface area contributed by atoms with Crippen molar-refractivity contribution in [3.8, 4) is 0 Å². The summed E-state index contributed by atoms with van der Waals surface area (Å²) in [5.41, 5.74) is 7.37. The van der Waals surface area contributed by atoms with Gasteiger partial charge in [-0.2, -0.15) is 5.10 Å². The molecule has 2 atom stereocenters. The summed E-state index contributed by atoms with van der Waals surface area (Å²) in [5, 5.41) is 4.39. The van der Waals surface area contributed by atoms with Crippen molar-refractivity contribution in [2.24, 2.45) is 5.73 Å².